The SMILES string of the molecule is c1cc(OCC(C2CC2)C2CC2)[nH]n1. The Labute approximate surface area is 83.9 Å². The van der Waals surface area contributed by atoms with Gasteiger partial charge in [-0.05, 0) is 43.4 Å². The van der Waals surface area contributed by atoms with Crippen LogP contribution in [0.2, 0.25) is 0 Å². The molecule has 0 spiro atoms. The van der Waals surface area contributed by atoms with Gasteiger partial charge in [0.1, 0.15) is 0 Å². The number of ether oxygens (including phenoxy) is 1. The minimum Gasteiger partial charge on any atom is -0.478 e. The van der Waals surface area contributed by atoms with Gasteiger partial charge in [0.2, 0.25) is 5.88 Å². The van der Waals surface area contributed by atoms with Crippen LogP contribution < -0.4 is 4.74 Å². The summed E-state index contributed by atoms with van der Waals surface area (Å²) in [6.45, 7) is 0.886. The van der Waals surface area contributed by atoms with E-state index in [2.05, 4.69) is 10.2 Å². The molecule has 3 heteroatoms. The third kappa shape index (κ3) is 1.76. The molecule has 0 aliphatic heterocycles. The maximum Gasteiger partial charge on any atom is 0.209 e. The van der Waals surface area contributed by atoms with E-state index >= 15 is 0 Å². The van der Waals surface area contributed by atoms with Crippen molar-refractivity contribution in [3.05, 3.63) is 12.3 Å². The zero-order chi connectivity index (χ0) is 9.38. The molecule has 0 amide bonds. The molecular formula is C11H16N2O. The van der Waals surface area contributed by atoms with Gasteiger partial charge in [-0.25, -0.2) is 5.10 Å². The number of nitrogens with one attached hydrogen (secondary N) is 1. The van der Waals surface area contributed by atoms with E-state index in [-0.39, 0.29) is 0 Å². The minimum atomic E-state index is 0.816. The van der Waals surface area contributed by atoms with Crippen LogP contribution in [-0.4, -0.2) is 16.8 Å². The normalized spacial score (nSPS) is 21.5. The van der Waals surface area contributed by atoms with E-state index < -0.39 is 0 Å². The molecule has 1 heterocycles. The zero-order valence-electron chi connectivity index (χ0n) is 8.28. The molecule has 0 radical (unpaired) electrons. The van der Waals surface area contributed by atoms with Gasteiger partial charge >= 0.3 is 0 Å². The van der Waals surface area contributed by atoms with Crippen molar-refractivity contribution in [1.82, 2.24) is 10.2 Å². The molecule has 0 bridgehead atoms. The van der Waals surface area contributed by atoms with Crippen LogP contribution >= 0.6 is 0 Å². The molecule has 2 saturated carbocycles. The summed E-state index contributed by atoms with van der Waals surface area (Å²) in [6.07, 6.45) is 7.43. The first-order chi connectivity index (χ1) is 6.93. The number of aromatic amines is 1. The summed E-state index contributed by atoms with van der Waals surface area (Å²) in [6, 6.07) is 1.89. The maximum absolute atomic E-state index is 5.69. The lowest BCUT2D eigenvalue weighted by atomic mass is 9.99. The highest BCUT2D eigenvalue weighted by Gasteiger charge is 2.41. The molecule has 2 fully saturated rings. The van der Waals surface area contributed by atoms with E-state index in [1.807, 2.05) is 6.07 Å². The first-order valence-corrected chi connectivity index (χ1v) is 5.55. The second-order valence-corrected chi connectivity index (χ2v) is 4.57. The molecule has 1 N–H and O–H groups in total. The standard InChI is InChI=1S/C11H16N2O/c1-2-8(1)10(9-3-4-9)7-14-11-5-6-12-13-11/h5-6,8-10H,1-4,7H2,(H,12,13). The van der Waals surface area contributed by atoms with Crippen molar-refractivity contribution >= 4 is 0 Å². The van der Waals surface area contributed by atoms with Crippen LogP contribution in [0.3, 0.4) is 0 Å². The lowest BCUT2D eigenvalue weighted by molar-refractivity contribution is 0.206. The number of H-pyrrole nitrogens is 1. The molecule has 1 aromatic heterocycles. The zero-order valence-corrected chi connectivity index (χ0v) is 8.28. The number of aromatic nitrogens is 2. The summed E-state index contributed by atoms with van der Waals surface area (Å²) in [5.74, 6) is 3.56. The smallest absolute Gasteiger partial charge is 0.209 e. The molecular weight excluding hydrogens is 176 g/mol. The average Bonchev–Trinajstić information content (AvgIpc) is 3.09. The number of rotatable bonds is 5. The fraction of sp³-hybridized carbons (Fsp3) is 0.727. The lowest BCUT2D eigenvalue weighted by Crippen LogP contribution is -2.16. The van der Waals surface area contributed by atoms with Gasteiger partial charge in [0, 0.05) is 6.07 Å². The van der Waals surface area contributed by atoms with E-state index in [1.54, 1.807) is 6.20 Å². The molecule has 2 aliphatic carbocycles. The van der Waals surface area contributed by atoms with Crippen LogP contribution in [-0.2, 0) is 0 Å². The Morgan fingerprint density at radius 3 is 2.57 bits per heavy atom. The highest BCUT2D eigenvalue weighted by atomic mass is 16.5. The Balaban J connectivity index is 1.54. The Kier molecular flexibility index (Phi) is 1.96. The van der Waals surface area contributed by atoms with Crippen LogP contribution in [0.15, 0.2) is 12.3 Å². The number of hydrogen-bond donors (Lipinski definition) is 1. The highest BCUT2D eigenvalue weighted by Crippen LogP contribution is 2.49. The summed E-state index contributed by atoms with van der Waals surface area (Å²) in [5.41, 5.74) is 0. The van der Waals surface area contributed by atoms with Gasteiger partial charge in [-0.15, -0.1) is 0 Å². The van der Waals surface area contributed by atoms with Gasteiger partial charge < -0.3 is 4.74 Å². The summed E-state index contributed by atoms with van der Waals surface area (Å²) in [7, 11) is 0. The Hall–Kier alpha value is -0.990. The molecule has 0 saturated heterocycles. The van der Waals surface area contributed by atoms with Crippen LogP contribution in [0.5, 0.6) is 5.88 Å². The quantitative estimate of drug-likeness (QED) is 0.776. The van der Waals surface area contributed by atoms with Crippen LogP contribution in [0.4, 0.5) is 0 Å². The van der Waals surface area contributed by atoms with Crippen LogP contribution in [0, 0.1) is 17.8 Å². The molecule has 14 heavy (non-hydrogen) atoms. The van der Waals surface area contributed by atoms with Gasteiger partial charge in [-0.1, -0.05) is 0 Å². The topological polar surface area (TPSA) is 37.9 Å². The lowest BCUT2D eigenvalue weighted by Gasteiger charge is -2.14. The molecule has 0 unspecified atom stereocenters. The molecule has 2 aliphatic rings. The fourth-order valence-corrected chi connectivity index (χ4v) is 2.22. The summed E-state index contributed by atoms with van der Waals surface area (Å²) in [5, 5.41) is 6.71. The Morgan fingerprint density at radius 2 is 2.07 bits per heavy atom. The Morgan fingerprint density at radius 1 is 1.36 bits per heavy atom. The van der Waals surface area contributed by atoms with E-state index in [1.165, 1.54) is 25.7 Å². The predicted octanol–water partition coefficient (Wildman–Crippen LogP) is 2.22. The fourth-order valence-electron chi connectivity index (χ4n) is 2.22. The second kappa shape index (κ2) is 3.30. The van der Waals surface area contributed by atoms with Crippen molar-refractivity contribution in [2.24, 2.45) is 17.8 Å². The second-order valence-electron chi connectivity index (χ2n) is 4.57. The third-order valence-electron chi connectivity index (χ3n) is 3.36. The van der Waals surface area contributed by atoms with Crippen molar-refractivity contribution in [2.75, 3.05) is 6.61 Å². The number of hydrogen-bond acceptors (Lipinski definition) is 2. The van der Waals surface area contributed by atoms with Crippen molar-refractivity contribution in [1.29, 1.82) is 0 Å². The minimum absolute atomic E-state index is 0.816. The first-order valence-electron chi connectivity index (χ1n) is 5.55. The van der Waals surface area contributed by atoms with Gasteiger partial charge in [-0.3, -0.25) is 0 Å². The van der Waals surface area contributed by atoms with Gasteiger partial charge in [-0.2, -0.15) is 5.10 Å². The van der Waals surface area contributed by atoms with Crippen molar-refractivity contribution < 1.29 is 4.74 Å². The van der Waals surface area contributed by atoms with Gasteiger partial charge in [0.05, 0.1) is 12.8 Å². The van der Waals surface area contributed by atoms with Crippen molar-refractivity contribution in [3.63, 3.8) is 0 Å². The molecule has 3 rings (SSSR count). The highest BCUT2D eigenvalue weighted by molar-refractivity contribution is 5.04. The van der Waals surface area contributed by atoms with E-state index in [0.29, 0.717) is 0 Å². The molecule has 76 valence electrons. The average molecular weight is 192 g/mol. The number of nitrogens with zero attached hydrogens (tertiary/aromatic N) is 1. The molecule has 0 aromatic carbocycles. The van der Waals surface area contributed by atoms with E-state index in [0.717, 1.165) is 30.2 Å². The first kappa shape index (κ1) is 8.33. The van der Waals surface area contributed by atoms with E-state index in [9.17, 15) is 0 Å². The van der Waals surface area contributed by atoms with Crippen LogP contribution in [0.1, 0.15) is 25.7 Å². The molecule has 1 aromatic rings. The predicted molar refractivity (Wildman–Crippen MR) is 53.0 cm³/mol. The monoisotopic (exact) mass is 192 g/mol. The summed E-state index contributed by atoms with van der Waals surface area (Å²) < 4.78 is 5.69. The summed E-state index contributed by atoms with van der Waals surface area (Å²) >= 11 is 0. The Bertz CT molecular complexity index is 276. The van der Waals surface area contributed by atoms with E-state index in [4.69, 9.17) is 4.74 Å². The molecule has 3 nitrogen and oxygen atoms in total. The van der Waals surface area contributed by atoms with Gasteiger partial charge in [0.25, 0.3) is 0 Å². The van der Waals surface area contributed by atoms with Crippen LogP contribution in [0.25, 0.3) is 0 Å². The summed E-state index contributed by atoms with van der Waals surface area (Å²) in [4.78, 5) is 0. The largest absolute Gasteiger partial charge is 0.478 e. The van der Waals surface area contributed by atoms with Gasteiger partial charge in [0.15, 0.2) is 0 Å². The molecule has 0 atom stereocenters. The van der Waals surface area contributed by atoms with Crippen molar-refractivity contribution in [2.45, 2.75) is 25.7 Å². The van der Waals surface area contributed by atoms with Crippen molar-refractivity contribution in [3.8, 4) is 5.88 Å². The third-order valence-corrected chi connectivity index (χ3v) is 3.36. The maximum atomic E-state index is 5.69.